The molecule has 1 amide bonds. The lowest BCUT2D eigenvalue weighted by Crippen LogP contribution is -2.49. The summed E-state index contributed by atoms with van der Waals surface area (Å²) in [6.07, 6.45) is 3.84. The van der Waals surface area contributed by atoms with Crippen LogP contribution in [0.3, 0.4) is 0 Å². The number of nitrogens with one attached hydrogen (secondary N) is 1. The lowest BCUT2D eigenvalue weighted by molar-refractivity contribution is -0.127. The summed E-state index contributed by atoms with van der Waals surface area (Å²) in [7, 11) is 1.91. The van der Waals surface area contributed by atoms with Crippen molar-refractivity contribution in [1.82, 2.24) is 10.2 Å². The first-order valence-electron chi connectivity index (χ1n) is 8.19. The fraction of sp³-hybridized carbons (Fsp3) is 0.611. The highest BCUT2D eigenvalue weighted by Gasteiger charge is 2.34. The molecule has 0 spiro atoms. The summed E-state index contributed by atoms with van der Waals surface area (Å²) in [6.45, 7) is 4.44. The van der Waals surface area contributed by atoms with Gasteiger partial charge in [-0.05, 0) is 39.3 Å². The van der Waals surface area contributed by atoms with Crippen LogP contribution in [0.5, 0.6) is 0 Å². The SMILES string of the molecule is C[C@@H](NC(=O)[C@H](C)N(C)CC1(O)CCCC1)c1ccccc1. The highest BCUT2D eigenvalue weighted by molar-refractivity contribution is 5.81. The molecule has 0 aromatic heterocycles. The second-order valence-electron chi connectivity index (χ2n) is 6.66. The molecule has 0 unspecified atom stereocenters. The number of hydrogen-bond acceptors (Lipinski definition) is 3. The second-order valence-corrected chi connectivity index (χ2v) is 6.66. The average Bonchev–Trinajstić information content (AvgIpc) is 2.93. The van der Waals surface area contributed by atoms with Gasteiger partial charge in [-0.1, -0.05) is 43.2 Å². The summed E-state index contributed by atoms with van der Waals surface area (Å²) in [5.41, 5.74) is 0.481. The van der Waals surface area contributed by atoms with Crippen molar-refractivity contribution in [3.05, 3.63) is 35.9 Å². The quantitative estimate of drug-likeness (QED) is 0.849. The van der Waals surface area contributed by atoms with Crippen molar-refractivity contribution in [2.75, 3.05) is 13.6 Å². The van der Waals surface area contributed by atoms with E-state index in [2.05, 4.69) is 5.32 Å². The summed E-state index contributed by atoms with van der Waals surface area (Å²) in [4.78, 5) is 14.4. The summed E-state index contributed by atoms with van der Waals surface area (Å²) in [5, 5.41) is 13.5. The van der Waals surface area contributed by atoms with Crippen molar-refractivity contribution >= 4 is 5.91 Å². The molecule has 1 saturated carbocycles. The van der Waals surface area contributed by atoms with E-state index in [1.54, 1.807) is 0 Å². The minimum absolute atomic E-state index is 0.000417. The lowest BCUT2D eigenvalue weighted by Gasteiger charge is -2.32. The standard InChI is InChI=1S/C18H28N2O2/c1-14(16-9-5-4-6-10-16)19-17(21)15(2)20(3)13-18(22)11-7-8-12-18/h4-6,9-10,14-15,22H,7-8,11-13H2,1-3H3,(H,19,21)/t14-,15+/m1/s1. The largest absolute Gasteiger partial charge is 0.389 e. The van der Waals surface area contributed by atoms with Crippen LogP contribution in [0.1, 0.15) is 51.1 Å². The molecular formula is C18H28N2O2. The molecule has 1 aliphatic rings. The normalized spacial score (nSPS) is 19.9. The van der Waals surface area contributed by atoms with Crippen LogP contribution in [0.4, 0.5) is 0 Å². The van der Waals surface area contributed by atoms with E-state index in [9.17, 15) is 9.90 Å². The Bertz CT molecular complexity index is 483. The summed E-state index contributed by atoms with van der Waals surface area (Å²) in [5.74, 6) is 0.000417. The van der Waals surface area contributed by atoms with E-state index in [1.165, 1.54) is 0 Å². The van der Waals surface area contributed by atoms with Crippen LogP contribution in [0.25, 0.3) is 0 Å². The molecule has 4 heteroatoms. The topological polar surface area (TPSA) is 52.6 Å². The number of rotatable bonds is 6. The summed E-state index contributed by atoms with van der Waals surface area (Å²) < 4.78 is 0. The van der Waals surface area contributed by atoms with Gasteiger partial charge >= 0.3 is 0 Å². The molecule has 2 atom stereocenters. The van der Waals surface area contributed by atoms with Crippen molar-refractivity contribution in [2.45, 2.75) is 57.2 Å². The molecule has 2 N–H and O–H groups in total. The molecule has 1 aromatic rings. The third-order valence-corrected chi connectivity index (χ3v) is 4.78. The van der Waals surface area contributed by atoms with Crippen LogP contribution in [0.2, 0.25) is 0 Å². The Labute approximate surface area is 133 Å². The number of aliphatic hydroxyl groups is 1. The van der Waals surface area contributed by atoms with Gasteiger partial charge in [0.15, 0.2) is 0 Å². The third kappa shape index (κ3) is 4.31. The molecule has 2 rings (SSSR count). The fourth-order valence-electron chi connectivity index (χ4n) is 3.15. The molecule has 122 valence electrons. The zero-order chi connectivity index (χ0) is 16.2. The lowest BCUT2D eigenvalue weighted by atomic mass is 10.0. The fourth-order valence-corrected chi connectivity index (χ4v) is 3.15. The maximum absolute atomic E-state index is 12.4. The number of carbonyl (C=O) groups is 1. The molecular weight excluding hydrogens is 276 g/mol. The molecule has 22 heavy (non-hydrogen) atoms. The Morgan fingerprint density at radius 3 is 2.45 bits per heavy atom. The zero-order valence-electron chi connectivity index (χ0n) is 13.9. The van der Waals surface area contributed by atoms with Crippen LogP contribution in [-0.2, 0) is 4.79 Å². The molecule has 0 heterocycles. The Balaban J connectivity index is 1.88. The molecule has 0 radical (unpaired) electrons. The average molecular weight is 304 g/mol. The molecule has 1 fully saturated rings. The number of hydrogen-bond donors (Lipinski definition) is 2. The van der Waals surface area contributed by atoms with Crippen LogP contribution in [0, 0.1) is 0 Å². The highest BCUT2D eigenvalue weighted by atomic mass is 16.3. The van der Waals surface area contributed by atoms with E-state index in [4.69, 9.17) is 0 Å². The van der Waals surface area contributed by atoms with Crippen molar-refractivity contribution in [1.29, 1.82) is 0 Å². The number of nitrogens with zero attached hydrogens (tertiary/aromatic N) is 1. The third-order valence-electron chi connectivity index (χ3n) is 4.78. The Kier molecular flexibility index (Phi) is 5.59. The molecule has 0 aliphatic heterocycles. The van der Waals surface area contributed by atoms with Crippen LogP contribution >= 0.6 is 0 Å². The Morgan fingerprint density at radius 2 is 1.86 bits per heavy atom. The van der Waals surface area contributed by atoms with Crippen molar-refractivity contribution in [2.24, 2.45) is 0 Å². The minimum Gasteiger partial charge on any atom is -0.389 e. The van der Waals surface area contributed by atoms with E-state index < -0.39 is 5.60 Å². The number of carbonyl (C=O) groups excluding carboxylic acids is 1. The van der Waals surface area contributed by atoms with Crippen LogP contribution in [0.15, 0.2) is 30.3 Å². The van der Waals surface area contributed by atoms with Gasteiger partial charge in [-0.2, -0.15) is 0 Å². The number of benzene rings is 1. The van der Waals surface area contributed by atoms with E-state index in [-0.39, 0.29) is 18.0 Å². The molecule has 0 saturated heterocycles. The van der Waals surface area contributed by atoms with Gasteiger partial charge < -0.3 is 10.4 Å². The second kappa shape index (κ2) is 7.25. The Morgan fingerprint density at radius 1 is 1.27 bits per heavy atom. The van der Waals surface area contributed by atoms with Gasteiger partial charge in [0.25, 0.3) is 0 Å². The maximum atomic E-state index is 12.4. The molecule has 1 aromatic carbocycles. The summed E-state index contributed by atoms with van der Waals surface area (Å²) in [6, 6.07) is 9.68. The predicted octanol–water partition coefficient (Wildman–Crippen LogP) is 2.49. The number of likely N-dealkylation sites (N-methyl/N-ethyl adjacent to an activating group) is 1. The molecule has 0 bridgehead atoms. The van der Waals surface area contributed by atoms with Crippen LogP contribution in [-0.4, -0.2) is 41.1 Å². The van der Waals surface area contributed by atoms with Gasteiger partial charge in [0.05, 0.1) is 17.7 Å². The maximum Gasteiger partial charge on any atom is 0.237 e. The summed E-state index contributed by atoms with van der Waals surface area (Å²) >= 11 is 0. The first-order valence-corrected chi connectivity index (χ1v) is 8.19. The highest BCUT2D eigenvalue weighted by Crippen LogP contribution is 2.30. The number of amides is 1. The van der Waals surface area contributed by atoms with Crippen LogP contribution < -0.4 is 5.32 Å². The van der Waals surface area contributed by atoms with Crippen molar-refractivity contribution in [3.8, 4) is 0 Å². The predicted molar refractivity (Wildman–Crippen MR) is 88.5 cm³/mol. The first kappa shape index (κ1) is 17.0. The van der Waals surface area contributed by atoms with E-state index >= 15 is 0 Å². The molecule has 1 aliphatic carbocycles. The Hall–Kier alpha value is -1.39. The minimum atomic E-state index is -0.617. The van der Waals surface area contributed by atoms with Gasteiger partial charge in [0, 0.05) is 6.54 Å². The van der Waals surface area contributed by atoms with Gasteiger partial charge in [0.2, 0.25) is 5.91 Å². The van der Waals surface area contributed by atoms with Gasteiger partial charge in [-0.15, -0.1) is 0 Å². The van der Waals surface area contributed by atoms with Crippen molar-refractivity contribution in [3.63, 3.8) is 0 Å². The van der Waals surface area contributed by atoms with E-state index in [0.29, 0.717) is 6.54 Å². The van der Waals surface area contributed by atoms with E-state index in [1.807, 2.05) is 56.1 Å². The van der Waals surface area contributed by atoms with Gasteiger partial charge in [-0.25, -0.2) is 0 Å². The van der Waals surface area contributed by atoms with Crippen molar-refractivity contribution < 1.29 is 9.90 Å². The first-order chi connectivity index (χ1) is 10.4. The van der Waals surface area contributed by atoms with E-state index in [0.717, 1.165) is 31.2 Å². The van der Waals surface area contributed by atoms with Gasteiger partial charge in [0.1, 0.15) is 0 Å². The molecule has 4 nitrogen and oxygen atoms in total. The monoisotopic (exact) mass is 304 g/mol. The van der Waals surface area contributed by atoms with Gasteiger partial charge in [-0.3, -0.25) is 9.69 Å². The zero-order valence-corrected chi connectivity index (χ0v) is 13.9. The smallest absolute Gasteiger partial charge is 0.237 e.